The molecule has 0 saturated heterocycles. The zero-order valence-corrected chi connectivity index (χ0v) is 13.3. The molecule has 1 heterocycles. The van der Waals surface area contributed by atoms with E-state index in [1.807, 2.05) is 0 Å². The summed E-state index contributed by atoms with van der Waals surface area (Å²) in [6.45, 7) is 2.97. The van der Waals surface area contributed by atoms with Gasteiger partial charge in [-0.2, -0.15) is 0 Å². The SMILES string of the molecule is CC(C)(F)c1cccc(-c2nnc(-c3cccc(B(O)O)c3)o2)c1. The summed E-state index contributed by atoms with van der Waals surface area (Å²) in [5, 5.41) is 26.5. The average molecular weight is 326 g/mol. The molecule has 7 heteroatoms. The number of aromatic nitrogens is 2. The first kappa shape index (κ1) is 16.4. The number of rotatable bonds is 4. The number of halogens is 1. The maximum Gasteiger partial charge on any atom is 0.488 e. The topological polar surface area (TPSA) is 79.4 Å². The van der Waals surface area contributed by atoms with Crippen LogP contribution in [0.25, 0.3) is 22.9 Å². The Kier molecular flexibility index (Phi) is 4.21. The lowest BCUT2D eigenvalue weighted by atomic mass is 9.80. The van der Waals surface area contributed by atoms with Crippen LogP contribution < -0.4 is 5.46 Å². The van der Waals surface area contributed by atoms with Gasteiger partial charge in [0.25, 0.3) is 0 Å². The Morgan fingerprint density at radius 3 is 2.12 bits per heavy atom. The molecule has 2 N–H and O–H groups in total. The molecule has 24 heavy (non-hydrogen) atoms. The van der Waals surface area contributed by atoms with Crippen LogP contribution in [0, 0.1) is 0 Å². The Bertz CT molecular complexity index is 859. The highest BCUT2D eigenvalue weighted by Gasteiger charge is 2.20. The molecule has 3 aromatic rings. The van der Waals surface area contributed by atoms with Crippen molar-refractivity contribution in [2.24, 2.45) is 0 Å². The largest absolute Gasteiger partial charge is 0.488 e. The summed E-state index contributed by atoms with van der Waals surface area (Å²) in [5.41, 5.74) is 0.569. The molecule has 122 valence electrons. The second-order valence-electron chi connectivity index (χ2n) is 5.96. The van der Waals surface area contributed by atoms with Gasteiger partial charge in [-0.15, -0.1) is 10.2 Å². The first-order valence-corrected chi connectivity index (χ1v) is 7.44. The van der Waals surface area contributed by atoms with Crippen molar-refractivity contribution in [2.45, 2.75) is 19.5 Å². The van der Waals surface area contributed by atoms with Crippen LogP contribution in [-0.4, -0.2) is 27.4 Å². The lowest BCUT2D eigenvalue weighted by Gasteiger charge is -2.14. The molecule has 0 fully saturated rings. The maximum atomic E-state index is 14.1. The molecule has 3 rings (SSSR count). The van der Waals surface area contributed by atoms with E-state index in [2.05, 4.69) is 10.2 Å². The van der Waals surface area contributed by atoms with Crippen molar-refractivity contribution in [1.29, 1.82) is 0 Å². The van der Waals surface area contributed by atoms with E-state index in [1.165, 1.54) is 13.8 Å². The Morgan fingerprint density at radius 1 is 0.958 bits per heavy atom. The van der Waals surface area contributed by atoms with Crippen LogP contribution in [0.2, 0.25) is 0 Å². The van der Waals surface area contributed by atoms with Gasteiger partial charge in [-0.1, -0.05) is 24.3 Å². The van der Waals surface area contributed by atoms with E-state index in [1.54, 1.807) is 48.5 Å². The van der Waals surface area contributed by atoms with Gasteiger partial charge >= 0.3 is 7.12 Å². The van der Waals surface area contributed by atoms with Crippen molar-refractivity contribution in [3.8, 4) is 22.9 Å². The van der Waals surface area contributed by atoms with E-state index in [4.69, 9.17) is 4.42 Å². The van der Waals surface area contributed by atoms with E-state index >= 15 is 0 Å². The smallest absolute Gasteiger partial charge is 0.423 e. The van der Waals surface area contributed by atoms with Crippen LogP contribution in [0.4, 0.5) is 4.39 Å². The molecular weight excluding hydrogens is 310 g/mol. The zero-order chi connectivity index (χ0) is 17.3. The fourth-order valence-corrected chi connectivity index (χ4v) is 2.31. The summed E-state index contributed by atoms with van der Waals surface area (Å²) in [7, 11) is -1.57. The first-order valence-electron chi connectivity index (χ1n) is 7.44. The second-order valence-corrected chi connectivity index (χ2v) is 5.96. The fourth-order valence-electron chi connectivity index (χ4n) is 2.31. The number of alkyl halides is 1. The Balaban J connectivity index is 1.95. The lowest BCUT2D eigenvalue weighted by Crippen LogP contribution is -2.29. The van der Waals surface area contributed by atoms with E-state index in [-0.39, 0.29) is 11.8 Å². The molecule has 0 bridgehead atoms. The lowest BCUT2D eigenvalue weighted by molar-refractivity contribution is 0.221. The highest BCUT2D eigenvalue weighted by atomic mass is 19.1. The molecule has 2 aromatic carbocycles. The summed E-state index contributed by atoms with van der Waals surface area (Å²) in [6, 6.07) is 13.4. The van der Waals surface area contributed by atoms with E-state index in [9.17, 15) is 14.4 Å². The van der Waals surface area contributed by atoms with Gasteiger partial charge < -0.3 is 14.5 Å². The number of nitrogens with zero attached hydrogens (tertiary/aromatic N) is 2. The van der Waals surface area contributed by atoms with Crippen LogP contribution in [0.3, 0.4) is 0 Å². The summed E-state index contributed by atoms with van der Waals surface area (Å²) in [4.78, 5) is 0. The molecule has 0 atom stereocenters. The molecule has 0 unspecified atom stereocenters. The van der Waals surface area contributed by atoms with Crippen LogP contribution in [-0.2, 0) is 5.67 Å². The molecule has 0 saturated carbocycles. The van der Waals surface area contributed by atoms with E-state index in [0.717, 1.165) is 0 Å². The molecule has 0 aliphatic heterocycles. The third kappa shape index (κ3) is 3.37. The average Bonchev–Trinajstić information content (AvgIpc) is 3.04. The standard InChI is InChI=1S/C17H16BFN2O3/c1-17(2,19)13-7-3-5-11(9-13)15-20-21-16(24-15)12-6-4-8-14(10-12)18(22)23/h3-10,22-23H,1-2H3. The Labute approximate surface area is 138 Å². The van der Waals surface area contributed by atoms with Gasteiger partial charge in [0.15, 0.2) is 0 Å². The summed E-state index contributed by atoms with van der Waals surface area (Å²) in [6.07, 6.45) is 0. The normalized spacial score (nSPS) is 11.5. The van der Waals surface area contributed by atoms with Gasteiger partial charge in [0, 0.05) is 11.1 Å². The predicted molar refractivity (Wildman–Crippen MR) is 89.1 cm³/mol. The van der Waals surface area contributed by atoms with Crippen LogP contribution in [0.1, 0.15) is 19.4 Å². The Morgan fingerprint density at radius 2 is 1.54 bits per heavy atom. The van der Waals surface area contributed by atoms with Gasteiger partial charge in [-0.05, 0) is 49.1 Å². The Hall–Kier alpha value is -2.51. The summed E-state index contributed by atoms with van der Waals surface area (Å²) < 4.78 is 19.7. The molecule has 0 aliphatic carbocycles. The number of hydrogen-bond donors (Lipinski definition) is 2. The van der Waals surface area contributed by atoms with Crippen molar-refractivity contribution in [3.63, 3.8) is 0 Å². The zero-order valence-electron chi connectivity index (χ0n) is 13.3. The molecule has 0 amide bonds. The van der Waals surface area contributed by atoms with Gasteiger partial charge in [0.1, 0.15) is 5.67 Å². The molecule has 0 radical (unpaired) electrons. The van der Waals surface area contributed by atoms with Crippen molar-refractivity contribution in [2.75, 3.05) is 0 Å². The van der Waals surface area contributed by atoms with Crippen LogP contribution in [0.15, 0.2) is 52.9 Å². The van der Waals surface area contributed by atoms with Crippen LogP contribution in [0.5, 0.6) is 0 Å². The minimum atomic E-state index is -1.57. The van der Waals surface area contributed by atoms with Gasteiger partial charge in [-0.25, -0.2) is 4.39 Å². The summed E-state index contributed by atoms with van der Waals surface area (Å²) in [5.74, 6) is 0.517. The molecule has 5 nitrogen and oxygen atoms in total. The van der Waals surface area contributed by atoms with Gasteiger partial charge in [0.05, 0.1) is 0 Å². The van der Waals surface area contributed by atoms with Crippen molar-refractivity contribution >= 4 is 12.6 Å². The number of hydrogen-bond acceptors (Lipinski definition) is 5. The fraction of sp³-hybridized carbons (Fsp3) is 0.176. The van der Waals surface area contributed by atoms with Crippen LogP contribution >= 0.6 is 0 Å². The number of benzene rings is 2. The maximum absolute atomic E-state index is 14.1. The third-order valence-electron chi connectivity index (χ3n) is 3.65. The van der Waals surface area contributed by atoms with Crippen molar-refractivity contribution in [1.82, 2.24) is 10.2 Å². The highest BCUT2D eigenvalue weighted by molar-refractivity contribution is 6.58. The minimum absolute atomic E-state index is 0.248. The highest BCUT2D eigenvalue weighted by Crippen LogP contribution is 2.29. The van der Waals surface area contributed by atoms with Crippen molar-refractivity contribution in [3.05, 3.63) is 54.1 Å². The third-order valence-corrected chi connectivity index (χ3v) is 3.65. The predicted octanol–water partition coefficient (Wildman–Crippen LogP) is 2.29. The second kappa shape index (κ2) is 6.18. The molecular formula is C17H16BFN2O3. The molecule has 0 aliphatic rings. The van der Waals surface area contributed by atoms with E-state index < -0.39 is 12.8 Å². The van der Waals surface area contributed by atoms with Gasteiger partial charge in [0.2, 0.25) is 11.8 Å². The minimum Gasteiger partial charge on any atom is -0.423 e. The molecule has 1 aromatic heterocycles. The van der Waals surface area contributed by atoms with Crippen molar-refractivity contribution < 1.29 is 18.9 Å². The monoisotopic (exact) mass is 326 g/mol. The quantitative estimate of drug-likeness (QED) is 0.719. The van der Waals surface area contributed by atoms with E-state index in [0.29, 0.717) is 22.2 Å². The molecule has 0 spiro atoms. The first-order chi connectivity index (χ1) is 11.3. The van der Waals surface area contributed by atoms with Gasteiger partial charge in [-0.3, -0.25) is 0 Å². The summed E-state index contributed by atoms with van der Waals surface area (Å²) >= 11 is 0.